The zero-order chi connectivity index (χ0) is 22.1. The van der Waals surface area contributed by atoms with Crippen LogP contribution in [0.3, 0.4) is 0 Å². The van der Waals surface area contributed by atoms with E-state index in [9.17, 15) is 24.6 Å². The van der Waals surface area contributed by atoms with Crippen LogP contribution in [0.25, 0.3) is 6.08 Å². The van der Waals surface area contributed by atoms with Gasteiger partial charge in [0.05, 0.1) is 0 Å². The van der Waals surface area contributed by atoms with Crippen LogP contribution in [0.4, 0.5) is 0 Å². The SMILES string of the molecule is Cn1nnnc1C=CC1=C(C(=O)O)N2C(=O)C(NC(=O)[C@H](O)c3ccccc3)[C@H]2SC1. The standard InChI is InChI=1S/C19H18N6O5S/c1-24-12(21-22-23-24)8-7-11-9-31-18-13(17(28)25(18)14(11)19(29)30)20-16(27)15(26)10-5-3-2-4-6-10/h2-8,13,15,18,26H,9H2,1H3,(H,20,27)(H,29,30)/t13?,15-,18-/m1/s1. The molecule has 1 aromatic heterocycles. The van der Waals surface area contributed by atoms with Crippen LogP contribution in [-0.4, -0.2) is 70.3 Å². The molecule has 0 aliphatic carbocycles. The number of aryl methyl sites for hydroxylation is 1. The number of rotatable bonds is 6. The van der Waals surface area contributed by atoms with E-state index < -0.39 is 35.3 Å². The first-order valence-corrected chi connectivity index (χ1v) is 10.3. The van der Waals surface area contributed by atoms with Gasteiger partial charge in [0, 0.05) is 12.8 Å². The first-order chi connectivity index (χ1) is 14.9. The quantitative estimate of drug-likeness (QED) is 0.512. The van der Waals surface area contributed by atoms with Crippen LogP contribution in [0.2, 0.25) is 0 Å². The third kappa shape index (κ3) is 3.82. The maximum absolute atomic E-state index is 12.7. The molecule has 0 spiro atoms. The summed E-state index contributed by atoms with van der Waals surface area (Å²) in [4.78, 5) is 38.1. The van der Waals surface area contributed by atoms with Crippen molar-refractivity contribution in [3.8, 4) is 0 Å². The van der Waals surface area contributed by atoms with Gasteiger partial charge in [-0.1, -0.05) is 36.4 Å². The molecule has 1 saturated heterocycles. The fraction of sp³-hybridized carbons (Fsp3) is 0.263. The number of hydrogen-bond donors (Lipinski definition) is 3. The number of hydrogen-bond acceptors (Lipinski definition) is 8. The summed E-state index contributed by atoms with van der Waals surface area (Å²) in [6.45, 7) is 0. The monoisotopic (exact) mass is 442 g/mol. The van der Waals surface area contributed by atoms with E-state index in [1.807, 2.05) is 0 Å². The molecule has 0 bridgehead atoms. The second-order valence-electron chi connectivity index (χ2n) is 6.88. The number of carboxylic acids is 1. The van der Waals surface area contributed by atoms with Gasteiger partial charge in [-0.15, -0.1) is 16.9 Å². The molecule has 2 aliphatic rings. The number of tetrazole rings is 1. The average molecular weight is 442 g/mol. The van der Waals surface area contributed by atoms with E-state index in [1.54, 1.807) is 49.5 Å². The molecule has 31 heavy (non-hydrogen) atoms. The number of aromatic nitrogens is 4. The molecule has 4 rings (SSSR count). The minimum atomic E-state index is -1.43. The van der Waals surface area contributed by atoms with Crippen LogP contribution in [0.1, 0.15) is 17.5 Å². The Morgan fingerprint density at radius 3 is 2.68 bits per heavy atom. The first-order valence-electron chi connectivity index (χ1n) is 9.23. The molecule has 3 heterocycles. The van der Waals surface area contributed by atoms with Crippen molar-refractivity contribution in [3.05, 3.63) is 59.1 Å². The largest absolute Gasteiger partial charge is 0.477 e. The van der Waals surface area contributed by atoms with E-state index in [0.717, 1.165) is 4.90 Å². The molecular formula is C19H18N6O5S. The van der Waals surface area contributed by atoms with Gasteiger partial charge >= 0.3 is 5.97 Å². The van der Waals surface area contributed by atoms with Crippen LogP contribution in [-0.2, 0) is 21.4 Å². The van der Waals surface area contributed by atoms with Crippen molar-refractivity contribution in [1.29, 1.82) is 0 Å². The van der Waals surface area contributed by atoms with Gasteiger partial charge in [0.25, 0.3) is 11.8 Å². The van der Waals surface area contributed by atoms with Gasteiger partial charge in [0.1, 0.15) is 17.1 Å². The van der Waals surface area contributed by atoms with Gasteiger partial charge in [0.2, 0.25) is 0 Å². The molecule has 1 fully saturated rings. The highest BCUT2D eigenvalue weighted by Gasteiger charge is 2.54. The van der Waals surface area contributed by atoms with E-state index in [4.69, 9.17) is 0 Å². The summed E-state index contributed by atoms with van der Waals surface area (Å²) in [6.07, 6.45) is 1.71. The van der Waals surface area contributed by atoms with Crippen molar-refractivity contribution in [2.45, 2.75) is 17.5 Å². The lowest BCUT2D eigenvalue weighted by Crippen LogP contribution is -2.70. The predicted octanol–water partition coefficient (Wildman–Crippen LogP) is -0.304. The minimum absolute atomic E-state index is 0.144. The third-order valence-electron chi connectivity index (χ3n) is 4.95. The normalized spacial score (nSPS) is 21.6. The number of amides is 2. The fourth-order valence-electron chi connectivity index (χ4n) is 3.34. The molecule has 12 heteroatoms. The number of aliphatic carboxylic acids is 1. The number of aliphatic hydroxyl groups excluding tert-OH is 1. The molecule has 2 amide bonds. The average Bonchev–Trinajstić information content (AvgIpc) is 3.19. The van der Waals surface area contributed by atoms with Crippen LogP contribution in [0.15, 0.2) is 47.7 Å². The molecule has 0 saturated carbocycles. The molecule has 1 aromatic carbocycles. The summed E-state index contributed by atoms with van der Waals surface area (Å²) in [5, 5.41) is 32.9. The lowest BCUT2D eigenvalue weighted by Gasteiger charge is -2.49. The second-order valence-corrected chi connectivity index (χ2v) is 7.99. The van der Waals surface area contributed by atoms with Gasteiger partial charge in [-0.25, -0.2) is 9.48 Å². The Kier molecular flexibility index (Phi) is 5.57. The van der Waals surface area contributed by atoms with E-state index in [-0.39, 0.29) is 5.70 Å². The van der Waals surface area contributed by atoms with Crippen LogP contribution >= 0.6 is 11.8 Å². The van der Waals surface area contributed by atoms with Gasteiger partial charge in [-0.3, -0.25) is 14.5 Å². The van der Waals surface area contributed by atoms with E-state index >= 15 is 0 Å². The Labute approximate surface area is 180 Å². The summed E-state index contributed by atoms with van der Waals surface area (Å²) in [6, 6.07) is 7.42. The van der Waals surface area contributed by atoms with Crippen molar-refractivity contribution in [1.82, 2.24) is 30.4 Å². The zero-order valence-electron chi connectivity index (χ0n) is 16.2. The summed E-state index contributed by atoms with van der Waals surface area (Å²) >= 11 is 1.32. The lowest BCUT2D eigenvalue weighted by molar-refractivity contribution is -0.151. The van der Waals surface area contributed by atoms with E-state index in [0.29, 0.717) is 22.7 Å². The Morgan fingerprint density at radius 2 is 2.03 bits per heavy atom. The summed E-state index contributed by atoms with van der Waals surface area (Å²) < 4.78 is 1.43. The third-order valence-corrected chi connectivity index (χ3v) is 6.25. The number of carboxylic acid groups (broad SMARTS) is 1. The Morgan fingerprint density at radius 1 is 1.29 bits per heavy atom. The van der Waals surface area contributed by atoms with Gasteiger partial charge in [-0.2, -0.15) is 0 Å². The molecule has 2 aromatic rings. The smallest absolute Gasteiger partial charge is 0.352 e. The number of carbonyl (C=O) groups is 3. The van der Waals surface area contributed by atoms with Crippen molar-refractivity contribution < 1.29 is 24.6 Å². The van der Waals surface area contributed by atoms with Crippen molar-refractivity contribution in [3.63, 3.8) is 0 Å². The molecule has 3 N–H and O–H groups in total. The minimum Gasteiger partial charge on any atom is -0.477 e. The number of nitrogens with one attached hydrogen (secondary N) is 1. The number of thioether (sulfide) groups is 1. The molecular weight excluding hydrogens is 424 g/mol. The van der Waals surface area contributed by atoms with Gasteiger partial charge in [0.15, 0.2) is 11.9 Å². The number of allylic oxidation sites excluding steroid dienone is 1. The molecule has 11 nitrogen and oxygen atoms in total. The zero-order valence-corrected chi connectivity index (χ0v) is 17.1. The predicted molar refractivity (Wildman–Crippen MR) is 109 cm³/mol. The Hall–Kier alpha value is -3.51. The number of carbonyl (C=O) groups excluding carboxylic acids is 2. The number of benzene rings is 1. The fourth-order valence-corrected chi connectivity index (χ4v) is 4.66. The van der Waals surface area contributed by atoms with Crippen LogP contribution in [0.5, 0.6) is 0 Å². The highest BCUT2D eigenvalue weighted by atomic mass is 32.2. The Balaban J connectivity index is 1.51. The van der Waals surface area contributed by atoms with E-state index in [1.165, 1.54) is 16.4 Å². The molecule has 0 radical (unpaired) electrons. The maximum atomic E-state index is 12.7. The topological polar surface area (TPSA) is 151 Å². The maximum Gasteiger partial charge on any atom is 0.352 e. The molecule has 2 aliphatic heterocycles. The number of β-lactam (4-membered cyclic amide) rings is 1. The highest BCUT2D eigenvalue weighted by molar-refractivity contribution is 8.00. The summed E-state index contributed by atoms with van der Waals surface area (Å²) in [5.74, 6) is -1.77. The Bertz CT molecular complexity index is 1100. The van der Waals surface area contributed by atoms with Gasteiger partial charge in [-0.05, 0) is 27.6 Å². The van der Waals surface area contributed by atoms with E-state index in [2.05, 4.69) is 20.8 Å². The summed E-state index contributed by atoms with van der Waals surface area (Å²) in [5.41, 5.74) is 0.685. The lowest BCUT2D eigenvalue weighted by atomic mass is 10.0. The van der Waals surface area contributed by atoms with Crippen LogP contribution in [0, 0.1) is 0 Å². The highest BCUT2D eigenvalue weighted by Crippen LogP contribution is 2.41. The van der Waals surface area contributed by atoms with Crippen molar-refractivity contribution >= 4 is 35.6 Å². The number of fused-ring (bicyclic) bond motifs is 1. The number of aliphatic hydroxyl groups is 1. The second kappa shape index (κ2) is 8.32. The van der Waals surface area contributed by atoms with Crippen molar-refractivity contribution in [2.24, 2.45) is 7.05 Å². The van der Waals surface area contributed by atoms with Crippen molar-refractivity contribution in [2.75, 3.05) is 5.75 Å². The van der Waals surface area contributed by atoms with Crippen LogP contribution < -0.4 is 5.32 Å². The summed E-state index contributed by atoms with van der Waals surface area (Å²) in [7, 11) is 1.65. The first kappa shape index (κ1) is 20.8. The molecule has 160 valence electrons. The van der Waals surface area contributed by atoms with Gasteiger partial charge < -0.3 is 15.5 Å². The molecule has 1 unspecified atom stereocenters. The number of nitrogens with zero attached hydrogens (tertiary/aromatic N) is 5. The molecule has 3 atom stereocenters.